The first kappa shape index (κ1) is 19.5. The van der Waals surface area contributed by atoms with E-state index in [1.807, 2.05) is 4.68 Å². The van der Waals surface area contributed by atoms with E-state index in [1.54, 1.807) is 0 Å². The molecule has 6 nitrogen and oxygen atoms in total. The molecular weight excluding hydrogens is 384 g/mol. The van der Waals surface area contributed by atoms with E-state index >= 15 is 0 Å². The summed E-state index contributed by atoms with van der Waals surface area (Å²) in [7, 11) is 0. The van der Waals surface area contributed by atoms with E-state index < -0.39 is 0 Å². The first-order valence-electron chi connectivity index (χ1n) is 10.8. The molecule has 1 aliphatic heterocycles. The Morgan fingerprint density at radius 2 is 1.74 bits per heavy atom. The molecule has 3 heterocycles. The van der Waals surface area contributed by atoms with Crippen LogP contribution < -0.4 is 10.6 Å². The maximum atomic E-state index is 6.60. The average Bonchev–Trinajstić information content (AvgIpc) is 3.10. The Kier molecular flexibility index (Phi) is 4.46. The molecule has 0 bridgehead atoms. The molecule has 6 heteroatoms. The summed E-state index contributed by atoms with van der Waals surface area (Å²) in [6.07, 6.45) is 0.982. The number of aromatic nitrogens is 4. The number of aryl methyl sites for hydroxylation is 1. The standard InChI is InChI=1S/C25H28N6/c1-16-8-7-11-18(14-16)21-20-22(26)31(25(2,3)4)29-23(20)28-24(27-21)30-13-12-17-9-5-6-10-19(17)15-30/h5-11,14H,12-13,15,26H2,1-4H3. The van der Waals surface area contributed by atoms with Crippen LogP contribution in [-0.2, 0) is 18.5 Å². The second-order valence-corrected chi connectivity index (χ2v) is 9.35. The summed E-state index contributed by atoms with van der Waals surface area (Å²) < 4.78 is 1.86. The molecule has 2 aromatic carbocycles. The number of nitrogens with zero attached hydrogens (tertiary/aromatic N) is 5. The van der Waals surface area contributed by atoms with Gasteiger partial charge in [0.1, 0.15) is 5.82 Å². The molecule has 1 aliphatic rings. The molecule has 0 aliphatic carbocycles. The van der Waals surface area contributed by atoms with Crippen LogP contribution in [0, 0.1) is 6.92 Å². The minimum atomic E-state index is -0.251. The van der Waals surface area contributed by atoms with Gasteiger partial charge in [-0.25, -0.2) is 9.67 Å². The Labute approximate surface area is 182 Å². The van der Waals surface area contributed by atoms with Crippen LogP contribution >= 0.6 is 0 Å². The maximum Gasteiger partial charge on any atom is 0.228 e. The van der Waals surface area contributed by atoms with Gasteiger partial charge in [-0.05, 0) is 51.3 Å². The molecule has 0 saturated heterocycles. The van der Waals surface area contributed by atoms with Crippen molar-refractivity contribution >= 4 is 22.8 Å². The van der Waals surface area contributed by atoms with Gasteiger partial charge in [0.2, 0.25) is 5.95 Å². The Hall–Kier alpha value is -3.41. The second kappa shape index (κ2) is 7.08. The van der Waals surface area contributed by atoms with Gasteiger partial charge in [-0.2, -0.15) is 4.98 Å². The summed E-state index contributed by atoms with van der Waals surface area (Å²) in [5.74, 6) is 1.31. The van der Waals surface area contributed by atoms with Crippen molar-refractivity contribution in [2.75, 3.05) is 17.2 Å². The van der Waals surface area contributed by atoms with Crippen molar-refractivity contribution in [3.8, 4) is 11.3 Å². The van der Waals surface area contributed by atoms with Crippen LogP contribution in [0.25, 0.3) is 22.3 Å². The predicted octanol–water partition coefficient (Wildman–Crippen LogP) is 4.70. The fraction of sp³-hybridized carbons (Fsp3) is 0.320. The molecule has 31 heavy (non-hydrogen) atoms. The van der Waals surface area contributed by atoms with Crippen LogP contribution in [0.15, 0.2) is 48.5 Å². The minimum Gasteiger partial charge on any atom is -0.383 e. The molecule has 0 amide bonds. The van der Waals surface area contributed by atoms with E-state index in [0.717, 1.165) is 36.2 Å². The molecule has 0 radical (unpaired) electrons. The zero-order chi connectivity index (χ0) is 21.8. The largest absolute Gasteiger partial charge is 0.383 e. The molecule has 2 aromatic heterocycles. The number of anilines is 2. The number of rotatable bonds is 2. The van der Waals surface area contributed by atoms with Gasteiger partial charge < -0.3 is 10.6 Å². The monoisotopic (exact) mass is 412 g/mol. The van der Waals surface area contributed by atoms with E-state index in [9.17, 15) is 0 Å². The third-order valence-corrected chi connectivity index (χ3v) is 5.90. The molecule has 4 aromatic rings. The van der Waals surface area contributed by atoms with Gasteiger partial charge >= 0.3 is 0 Å². The molecule has 0 atom stereocenters. The van der Waals surface area contributed by atoms with Gasteiger partial charge in [-0.3, -0.25) is 0 Å². The number of nitrogen functional groups attached to an aromatic ring is 1. The van der Waals surface area contributed by atoms with Crippen LogP contribution in [0.4, 0.5) is 11.8 Å². The van der Waals surface area contributed by atoms with E-state index in [2.05, 4.69) is 81.1 Å². The number of benzene rings is 2. The molecule has 0 unspecified atom stereocenters. The fourth-order valence-corrected chi connectivity index (χ4v) is 4.32. The highest BCUT2D eigenvalue weighted by atomic mass is 15.4. The Bertz CT molecular complexity index is 1280. The van der Waals surface area contributed by atoms with Gasteiger partial charge in [0.05, 0.1) is 16.6 Å². The molecule has 2 N–H and O–H groups in total. The summed E-state index contributed by atoms with van der Waals surface area (Å²) in [4.78, 5) is 12.2. The topological polar surface area (TPSA) is 72.9 Å². The first-order valence-corrected chi connectivity index (χ1v) is 10.8. The Morgan fingerprint density at radius 3 is 2.48 bits per heavy atom. The SMILES string of the molecule is Cc1cccc(-c2nc(N3CCc4ccccc4C3)nc3nn(C(C)(C)C)c(N)c23)c1. The minimum absolute atomic E-state index is 0.251. The van der Waals surface area contributed by atoms with Crippen molar-refractivity contribution in [3.05, 3.63) is 65.2 Å². The quantitative estimate of drug-likeness (QED) is 0.517. The van der Waals surface area contributed by atoms with Crippen molar-refractivity contribution in [2.45, 2.75) is 46.2 Å². The molecule has 5 rings (SSSR count). The predicted molar refractivity (Wildman–Crippen MR) is 126 cm³/mol. The van der Waals surface area contributed by atoms with Crippen molar-refractivity contribution in [2.24, 2.45) is 0 Å². The van der Waals surface area contributed by atoms with Crippen molar-refractivity contribution in [3.63, 3.8) is 0 Å². The van der Waals surface area contributed by atoms with E-state index in [1.165, 1.54) is 16.7 Å². The lowest BCUT2D eigenvalue weighted by atomic mass is 10.0. The molecular formula is C25H28N6. The number of hydrogen-bond acceptors (Lipinski definition) is 5. The first-order chi connectivity index (χ1) is 14.8. The summed E-state index contributed by atoms with van der Waals surface area (Å²) in [6.45, 7) is 10.0. The highest BCUT2D eigenvalue weighted by Gasteiger charge is 2.26. The zero-order valence-corrected chi connectivity index (χ0v) is 18.6. The van der Waals surface area contributed by atoms with Crippen LogP contribution in [0.1, 0.15) is 37.5 Å². The van der Waals surface area contributed by atoms with E-state index in [0.29, 0.717) is 17.4 Å². The number of nitrogens with two attached hydrogens (primary N) is 1. The van der Waals surface area contributed by atoms with Gasteiger partial charge in [-0.1, -0.05) is 48.0 Å². The maximum absolute atomic E-state index is 6.60. The van der Waals surface area contributed by atoms with Crippen molar-refractivity contribution in [1.82, 2.24) is 19.7 Å². The summed E-state index contributed by atoms with van der Waals surface area (Å²) >= 11 is 0. The second-order valence-electron chi connectivity index (χ2n) is 9.35. The van der Waals surface area contributed by atoms with Crippen molar-refractivity contribution < 1.29 is 0 Å². The van der Waals surface area contributed by atoms with Crippen LogP contribution in [0.3, 0.4) is 0 Å². The number of hydrogen-bond donors (Lipinski definition) is 1. The highest BCUT2D eigenvalue weighted by Crippen LogP contribution is 2.35. The van der Waals surface area contributed by atoms with Crippen molar-refractivity contribution in [1.29, 1.82) is 0 Å². The molecule has 158 valence electrons. The summed E-state index contributed by atoms with van der Waals surface area (Å²) in [5, 5.41) is 5.63. The van der Waals surface area contributed by atoms with Gasteiger partial charge in [0.15, 0.2) is 5.65 Å². The van der Waals surface area contributed by atoms with Crippen LogP contribution in [0.2, 0.25) is 0 Å². The lowest BCUT2D eigenvalue weighted by Crippen LogP contribution is -2.31. The fourth-order valence-electron chi connectivity index (χ4n) is 4.32. The summed E-state index contributed by atoms with van der Waals surface area (Å²) in [5.41, 5.74) is 12.8. The smallest absolute Gasteiger partial charge is 0.228 e. The Morgan fingerprint density at radius 1 is 0.968 bits per heavy atom. The van der Waals surface area contributed by atoms with E-state index in [-0.39, 0.29) is 5.54 Å². The number of fused-ring (bicyclic) bond motifs is 2. The lowest BCUT2D eigenvalue weighted by molar-refractivity contribution is 0.364. The average molecular weight is 413 g/mol. The lowest BCUT2D eigenvalue weighted by Gasteiger charge is -2.29. The van der Waals surface area contributed by atoms with E-state index in [4.69, 9.17) is 20.8 Å². The van der Waals surface area contributed by atoms with Gasteiger partial charge in [0.25, 0.3) is 0 Å². The zero-order valence-electron chi connectivity index (χ0n) is 18.6. The van der Waals surface area contributed by atoms with Crippen LogP contribution in [-0.4, -0.2) is 26.3 Å². The van der Waals surface area contributed by atoms with Gasteiger partial charge in [-0.15, -0.1) is 5.10 Å². The molecule has 0 spiro atoms. The summed E-state index contributed by atoms with van der Waals surface area (Å²) in [6, 6.07) is 17.0. The molecule has 0 fully saturated rings. The highest BCUT2D eigenvalue weighted by molar-refractivity contribution is 5.99. The third kappa shape index (κ3) is 3.42. The third-order valence-electron chi connectivity index (χ3n) is 5.90. The van der Waals surface area contributed by atoms with Crippen LogP contribution in [0.5, 0.6) is 0 Å². The normalized spacial score (nSPS) is 14.1. The Balaban J connectivity index is 1.70. The van der Waals surface area contributed by atoms with Gasteiger partial charge in [0, 0.05) is 18.7 Å². The molecule has 0 saturated carbocycles.